The lowest BCUT2D eigenvalue weighted by Gasteiger charge is -1.85. The van der Waals surface area contributed by atoms with E-state index in [2.05, 4.69) is 0 Å². The van der Waals surface area contributed by atoms with Crippen molar-refractivity contribution < 1.29 is 0 Å². The first-order valence-corrected chi connectivity index (χ1v) is 7.80. The Morgan fingerprint density at radius 2 is 0.857 bits per heavy atom. The van der Waals surface area contributed by atoms with Gasteiger partial charge in [0.2, 0.25) is 0 Å². The van der Waals surface area contributed by atoms with E-state index in [1.807, 2.05) is 13.8 Å². The van der Waals surface area contributed by atoms with Crippen LogP contribution < -0.4 is 0 Å². The lowest BCUT2D eigenvalue weighted by Crippen LogP contribution is -1.91. The Hall–Kier alpha value is 1.38. The minimum absolute atomic E-state index is 2.00. The van der Waals surface area contributed by atoms with Crippen LogP contribution in [0.15, 0.2) is 0 Å². The first-order valence-electron chi connectivity index (χ1n) is 1.76. The molecule has 7 heavy (non-hydrogen) atoms. The van der Waals surface area contributed by atoms with E-state index in [4.69, 9.17) is 44.3 Å². The molecule has 0 amide bonds. The topological polar surface area (TPSA) is 0 Å². The second-order valence-corrected chi connectivity index (χ2v) is 11.6. The van der Waals surface area contributed by atoms with Gasteiger partial charge in [0.15, 0.2) is 0 Å². The molecule has 5 heteroatoms. The highest BCUT2D eigenvalue weighted by molar-refractivity contribution is 7.81. The molecule has 0 atom stereocenters. The Morgan fingerprint density at radius 3 is 0.857 bits per heavy atom. The van der Waals surface area contributed by atoms with Crippen LogP contribution in [-0.4, -0.2) is 5.31 Å². The maximum Gasteiger partial charge on any atom is 0.440 e. The van der Waals surface area contributed by atoms with Crippen molar-refractivity contribution in [3.05, 3.63) is 0 Å². The van der Waals surface area contributed by atoms with Crippen molar-refractivity contribution in [2.45, 2.75) is 13.8 Å². The third-order valence-electron chi connectivity index (χ3n) is 0. The summed E-state index contributed by atoms with van der Waals surface area (Å²) in [6.45, 7) is 4.00. The van der Waals surface area contributed by atoms with Crippen molar-refractivity contribution in [2.24, 2.45) is 0 Å². The summed E-state index contributed by atoms with van der Waals surface area (Å²) in [6, 6.07) is 0. The molecular formula is C2H6Cl4Si. The molecule has 0 bridgehead atoms. The largest absolute Gasteiger partial charge is 0.440 e. The van der Waals surface area contributed by atoms with Crippen LogP contribution in [0.5, 0.6) is 0 Å². The van der Waals surface area contributed by atoms with Gasteiger partial charge in [-0.25, -0.2) is 0 Å². The molecule has 0 saturated carbocycles. The van der Waals surface area contributed by atoms with Crippen LogP contribution in [0, 0.1) is 0 Å². The standard InChI is InChI=1S/C2H6.Cl4Si/c1-2;1-5(2,3)4/h1-2H3;. The van der Waals surface area contributed by atoms with Gasteiger partial charge in [0.1, 0.15) is 0 Å². The van der Waals surface area contributed by atoms with E-state index in [0.29, 0.717) is 0 Å². The molecule has 0 nitrogen and oxygen atoms in total. The van der Waals surface area contributed by atoms with Crippen molar-refractivity contribution in [1.29, 1.82) is 0 Å². The number of hydrogen-bond acceptors (Lipinski definition) is 0. The van der Waals surface area contributed by atoms with Crippen molar-refractivity contribution in [3.63, 3.8) is 0 Å². The van der Waals surface area contributed by atoms with Gasteiger partial charge < -0.3 is 0 Å². The molecule has 0 aliphatic rings. The van der Waals surface area contributed by atoms with E-state index in [9.17, 15) is 0 Å². The smallest absolute Gasteiger partial charge is 0.110 e. The van der Waals surface area contributed by atoms with Crippen molar-refractivity contribution in [2.75, 3.05) is 0 Å². The minimum Gasteiger partial charge on any atom is -0.110 e. The van der Waals surface area contributed by atoms with E-state index in [1.165, 1.54) is 0 Å². The van der Waals surface area contributed by atoms with Gasteiger partial charge in [-0.15, -0.1) is 44.3 Å². The van der Waals surface area contributed by atoms with Gasteiger partial charge in [-0.3, -0.25) is 0 Å². The highest BCUT2D eigenvalue weighted by Crippen LogP contribution is 2.23. The summed E-state index contributed by atoms with van der Waals surface area (Å²) in [6.07, 6.45) is 0. The maximum absolute atomic E-state index is 4.97. The fourth-order valence-electron chi connectivity index (χ4n) is 0. The molecule has 46 valence electrons. The van der Waals surface area contributed by atoms with E-state index in [-0.39, 0.29) is 0 Å². The molecule has 0 rings (SSSR count). The Morgan fingerprint density at radius 1 is 0.857 bits per heavy atom. The molecule has 0 aliphatic heterocycles. The summed E-state index contributed by atoms with van der Waals surface area (Å²) < 4.78 is 0. The highest BCUT2D eigenvalue weighted by atomic mass is 36.0. The average molecular weight is 200 g/mol. The molecule has 0 aromatic rings. The highest BCUT2D eigenvalue weighted by Gasteiger charge is 2.19. The van der Waals surface area contributed by atoms with Gasteiger partial charge >= 0.3 is 5.31 Å². The first kappa shape index (κ1) is 11.2. The Bertz CT molecular complexity index is 25.2. The molecule has 0 spiro atoms. The van der Waals surface area contributed by atoms with Crippen LogP contribution in [0.3, 0.4) is 0 Å². The van der Waals surface area contributed by atoms with Gasteiger partial charge in [-0.2, -0.15) is 0 Å². The fourth-order valence-corrected chi connectivity index (χ4v) is 0. The lowest BCUT2D eigenvalue weighted by atomic mass is 11.0. The third-order valence-corrected chi connectivity index (χ3v) is 0. The van der Waals surface area contributed by atoms with Crippen molar-refractivity contribution >= 4 is 49.6 Å². The third kappa shape index (κ3) is 112. The van der Waals surface area contributed by atoms with Gasteiger partial charge in [0, 0.05) is 0 Å². The molecule has 0 N–H and O–H groups in total. The van der Waals surface area contributed by atoms with Gasteiger partial charge in [0.25, 0.3) is 0 Å². The van der Waals surface area contributed by atoms with Crippen LogP contribution in [0.4, 0.5) is 0 Å². The Kier molecular flexibility index (Phi) is 8.83. The number of hydrogen-bond donors (Lipinski definition) is 0. The molecule has 0 fully saturated rings. The zero-order valence-electron chi connectivity index (χ0n) is 4.01. The quantitative estimate of drug-likeness (QED) is 0.415. The summed E-state index contributed by atoms with van der Waals surface area (Å²) in [5.74, 6) is 0. The molecule has 0 aromatic heterocycles. The van der Waals surface area contributed by atoms with Gasteiger partial charge in [-0.1, -0.05) is 13.8 Å². The SMILES string of the molecule is CC.Cl[Si](Cl)(Cl)Cl. The monoisotopic (exact) mass is 198 g/mol. The Balaban J connectivity index is 0. The maximum atomic E-state index is 4.97. The zero-order chi connectivity index (χ0) is 6.50. The van der Waals surface area contributed by atoms with Crippen LogP contribution >= 0.6 is 44.3 Å². The molecular weight excluding hydrogens is 194 g/mol. The Labute approximate surface area is 63.5 Å². The molecule has 0 radical (unpaired) electrons. The summed E-state index contributed by atoms with van der Waals surface area (Å²) in [5, 5.41) is -2.72. The minimum atomic E-state index is -2.72. The molecule has 0 aliphatic carbocycles. The normalized spacial score (nSPS) is 9.43. The fraction of sp³-hybridized carbons (Fsp3) is 1.00. The second kappa shape index (κ2) is 5.51. The van der Waals surface area contributed by atoms with Crippen LogP contribution in [0.25, 0.3) is 0 Å². The van der Waals surface area contributed by atoms with Crippen LogP contribution in [-0.2, 0) is 0 Å². The predicted molar refractivity (Wildman–Crippen MR) is 40.5 cm³/mol. The predicted octanol–water partition coefficient (Wildman–Crippen LogP) is 3.40. The summed E-state index contributed by atoms with van der Waals surface area (Å²) in [4.78, 5) is 0. The van der Waals surface area contributed by atoms with E-state index in [0.717, 1.165) is 0 Å². The van der Waals surface area contributed by atoms with E-state index >= 15 is 0 Å². The molecule has 0 unspecified atom stereocenters. The van der Waals surface area contributed by atoms with Gasteiger partial charge in [0.05, 0.1) is 0 Å². The first-order chi connectivity index (χ1) is 3.00. The lowest BCUT2D eigenvalue weighted by molar-refractivity contribution is 1.50. The summed E-state index contributed by atoms with van der Waals surface area (Å²) >= 11 is 19.9. The number of halogens is 4. The van der Waals surface area contributed by atoms with Crippen molar-refractivity contribution in [3.8, 4) is 0 Å². The molecule has 0 saturated heterocycles. The van der Waals surface area contributed by atoms with Gasteiger partial charge in [-0.05, 0) is 0 Å². The average Bonchev–Trinajstić information content (AvgIpc) is 1.36. The van der Waals surface area contributed by atoms with Crippen molar-refractivity contribution in [1.82, 2.24) is 0 Å². The van der Waals surface area contributed by atoms with E-state index in [1.54, 1.807) is 0 Å². The van der Waals surface area contributed by atoms with Crippen LogP contribution in [0.2, 0.25) is 0 Å². The summed E-state index contributed by atoms with van der Waals surface area (Å²) in [5.41, 5.74) is 0. The summed E-state index contributed by atoms with van der Waals surface area (Å²) in [7, 11) is 0. The second-order valence-electron chi connectivity index (χ2n) is 0.429. The van der Waals surface area contributed by atoms with E-state index < -0.39 is 5.31 Å². The molecule has 0 heterocycles. The number of rotatable bonds is 0. The van der Waals surface area contributed by atoms with Crippen LogP contribution in [0.1, 0.15) is 13.8 Å². The molecule has 0 aromatic carbocycles. The zero-order valence-corrected chi connectivity index (χ0v) is 8.04.